The lowest BCUT2D eigenvalue weighted by Crippen LogP contribution is -2.18. The number of rotatable bonds is 4. The molecule has 0 amide bonds. The van der Waals surface area contributed by atoms with Crippen molar-refractivity contribution in [3.8, 4) is 0 Å². The highest BCUT2D eigenvalue weighted by molar-refractivity contribution is 7.09. The number of nitrogens with zero attached hydrogens (tertiary/aromatic N) is 2. The molecule has 0 N–H and O–H groups in total. The Labute approximate surface area is 105 Å². The second-order valence-electron chi connectivity index (χ2n) is 3.96. The summed E-state index contributed by atoms with van der Waals surface area (Å²) in [5.41, 5.74) is 1.64. The van der Waals surface area contributed by atoms with Gasteiger partial charge in [0.25, 0.3) is 0 Å². The van der Waals surface area contributed by atoms with Crippen LogP contribution in [0, 0.1) is 6.92 Å². The highest BCUT2D eigenvalue weighted by atomic mass is 32.1. The molecule has 3 nitrogen and oxygen atoms in total. The van der Waals surface area contributed by atoms with E-state index in [9.17, 15) is 4.79 Å². The van der Waals surface area contributed by atoms with Crippen molar-refractivity contribution in [3.05, 3.63) is 45.8 Å². The van der Waals surface area contributed by atoms with E-state index in [0.29, 0.717) is 5.56 Å². The molecule has 0 spiro atoms. The number of thiophene rings is 1. The number of aryl methyl sites for hydroxylation is 1. The van der Waals surface area contributed by atoms with Crippen LogP contribution in [0.25, 0.3) is 0 Å². The summed E-state index contributed by atoms with van der Waals surface area (Å²) in [5, 5.41) is 2.07. The van der Waals surface area contributed by atoms with Gasteiger partial charge in [0.05, 0.1) is 6.54 Å². The minimum Gasteiger partial charge on any atom is -0.354 e. The normalized spacial score (nSPS) is 10.2. The topological polar surface area (TPSA) is 33.2 Å². The summed E-state index contributed by atoms with van der Waals surface area (Å²) >= 11 is 1.73. The van der Waals surface area contributed by atoms with Crippen LogP contribution in [0.2, 0.25) is 0 Å². The number of aromatic nitrogens is 1. The predicted molar refractivity (Wildman–Crippen MR) is 70.8 cm³/mol. The molecule has 0 aliphatic rings. The first-order valence-corrected chi connectivity index (χ1v) is 6.24. The molecule has 0 saturated carbocycles. The largest absolute Gasteiger partial charge is 0.354 e. The molecule has 2 rings (SSSR count). The van der Waals surface area contributed by atoms with Gasteiger partial charge in [0, 0.05) is 23.7 Å². The number of anilines is 1. The molecule has 4 heteroatoms. The van der Waals surface area contributed by atoms with Crippen LogP contribution < -0.4 is 4.90 Å². The highest BCUT2D eigenvalue weighted by Crippen LogP contribution is 2.19. The molecule has 0 unspecified atom stereocenters. The third-order valence-corrected chi connectivity index (χ3v) is 3.40. The Morgan fingerprint density at radius 3 is 2.94 bits per heavy atom. The smallest absolute Gasteiger partial charge is 0.151 e. The maximum Gasteiger partial charge on any atom is 0.151 e. The van der Waals surface area contributed by atoms with Crippen molar-refractivity contribution in [2.75, 3.05) is 11.9 Å². The third-order valence-electron chi connectivity index (χ3n) is 2.54. The Kier molecular flexibility index (Phi) is 3.54. The summed E-state index contributed by atoms with van der Waals surface area (Å²) in [5.74, 6) is 0.920. The molecule has 0 radical (unpaired) electrons. The van der Waals surface area contributed by atoms with Crippen molar-refractivity contribution in [2.45, 2.75) is 13.5 Å². The molecule has 0 fully saturated rings. The van der Waals surface area contributed by atoms with Gasteiger partial charge in [-0.1, -0.05) is 6.07 Å². The van der Waals surface area contributed by atoms with Gasteiger partial charge in [0.2, 0.25) is 0 Å². The van der Waals surface area contributed by atoms with Gasteiger partial charge in [-0.25, -0.2) is 4.98 Å². The van der Waals surface area contributed by atoms with Crippen LogP contribution in [0.1, 0.15) is 20.8 Å². The minimum atomic E-state index is 0.621. The summed E-state index contributed by atoms with van der Waals surface area (Å²) < 4.78 is 0. The molecule has 0 aliphatic carbocycles. The molecule has 0 aliphatic heterocycles. The maximum atomic E-state index is 10.6. The number of carbonyl (C=O) groups excluding carboxylic acids is 1. The standard InChI is InChI=1S/C13H14N2OS/c1-10-6-11(9-16)7-14-13(10)15(2)8-12-4-3-5-17-12/h3-7,9H,8H2,1-2H3. The zero-order chi connectivity index (χ0) is 12.3. The van der Waals surface area contributed by atoms with Crippen LogP contribution in [-0.2, 0) is 6.54 Å². The number of aldehydes is 1. The van der Waals surface area contributed by atoms with E-state index in [-0.39, 0.29) is 0 Å². The summed E-state index contributed by atoms with van der Waals surface area (Å²) in [6, 6.07) is 6.01. The van der Waals surface area contributed by atoms with Crippen molar-refractivity contribution < 1.29 is 4.79 Å². The second-order valence-corrected chi connectivity index (χ2v) is 4.99. The van der Waals surface area contributed by atoms with Gasteiger partial charge in [0.1, 0.15) is 5.82 Å². The second kappa shape index (κ2) is 5.10. The average molecular weight is 246 g/mol. The highest BCUT2D eigenvalue weighted by Gasteiger charge is 2.08. The molecule has 88 valence electrons. The van der Waals surface area contributed by atoms with E-state index in [1.54, 1.807) is 17.5 Å². The molecular weight excluding hydrogens is 232 g/mol. The quantitative estimate of drug-likeness (QED) is 0.778. The van der Waals surface area contributed by atoms with Crippen molar-refractivity contribution in [3.63, 3.8) is 0 Å². The van der Waals surface area contributed by atoms with E-state index in [4.69, 9.17) is 0 Å². The van der Waals surface area contributed by atoms with Gasteiger partial charge in [-0.2, -0.15) is 0 Å². The molecule has 2 aromatic rings. The predicted octanol–water partition coefficient (Wildman–Crippen LogP) is 2.90. The minimum absolute atomic E-state index is 0.621. The van der Waals surface area contributed by atoms with Gasteiger partial charge in [-0.3, -0.25) is 4.79 Å². The lowest BCUT2D eigenvalue weighted by Gasteiger charge is -2.19. The molecule has 2 aromatic heterocycles. The van der Waals surface area contributed by atoms with Crippen LogP contribution in [-0.4, -0.2) is 18.3 Å². The zero-order valence-electron chi connectivity index (χ0n) is 9.88. The van der Waals surface area contributed by atoms with Crippen molar-refractivity contribution in [1.82, 2.24) is 4.98 Å². The Bertz CT molecular complexity index is 508. The van der Waals surface area contributed by atoms with E-state index in [2.05, 4.69) is 21.3 Å². The average Bonchev–Trinajstić information content (AvgIpc) is 2.81. The summed E-state index contributed by atoms with van der Waals surface area (Å²) in [6.07, 6.45) is 2.43. The SMILES string of the molecule is Cc1cc(C=O)cnc1N(C)Cc1cccs1. The Morgan fingerprint density at radius 1 is 1.53 bits per heavy atom. The lowest BCUT2D eigenvalue weighted by molar-refractivity contribution is 0.112. The Balaban J connectivity index is 2.19. The lowest BCUT2D eigenvalue weighted by atomic mass is 10.2. The van der Waals surface area contributed by atoms with E-state index in [1.165, 1.54) is 4.88 Å². The molecule has 0 aromatic carbocycles. The summed E-state index contributed by atoms with van der Waals surface area (Å²) in [4.78, 5) is 18.4. The van der Waals surface area contributed by atoms with Crippen LogP contribution in [0.3, 0.4) is 0 Å². The van der Waals surface area contributed by atoms with Gasteiger partial charge >= 0.3 is 0 Å². The molecule has 0 saturated heterocycles. The maximum absolute atomic E-state index is 10.6. The fraction of sp³-hybridized carbons (Fsp3) is 0.231. The molecule has 2 heterocycles. The molecule has 17 heavy (non-hydrogen) atoms. The molecular formula is C13H14N2OS. The number of carbonyl (C=O) groups is 1. The van der Waals surface area contributed by atoms with E-state index in [1.807, 2.05) is 26.1 Å². The van der Waals surface area contributed by atoms with Crippen LogP contribution in [0.5, 0.6) is 0 Å². The van der Waals surface area contributed by atoms with Crippen molar-refractivity contribution in [1.29, 1.82) is 0 Å². The van der Waals surface area contributed by atoms with E-state index in [0.717, 1.165) is 24.2 Å². The monoisotopic (exact) mass is 246 g/mol. The van der Waals surface area contributed by atoms with Crippen LogP contribution >= 0.6 is 11.3 Å². The van der Waals surface area contributed by atoms with Gasteiger partial charge in [-0.05, 0) is 30.0 Å². The van der Waals surface area contributed by atoms with Crippen LogP contribution in [0.15, 0.2) is 29.8 Å². The zero-order valence-corrected chi connectivity index (χ0v) is 10.7. The number of hydrogen-bond acceptors (Lipinski definition) is 4. The fourth-order valence-electron chi connectivity index (χ4n) is 1.76. The fourth-order valence-corrected chi connectivity index (χ4v) is 2.52. The van der Waals surface area contributed by atoms with Gasteiger partial charge in [0.15, 0.2) is 6.29 Å². The molecule has 0 atom stereocenters. The van der Waals surface area contributed by atoms with Crippen LogP contribution in [0.4, 0.5) is 5.82 Å². The number of pyridine rings is 1. The van der Waals surface area contributed by atoms with Crippen molar-refractivity contribution >= 4 is 23.4 Å². The third kappa shape index (κ3) is 2.71. The first-order chi connectivity index (χ1) is 8.20. The Hall–Kier alpha value is -1.68. The van der Waals surface area contributed by atoms with Crippen molar-refractivity contribution in [2.24, 2.45) is 0 Å². The summed E-state index contributed by atoms with van der Waals surface area (Å²) in [7, 11) is 2.01. The first-order valence-electron chi connectivity index (χ1n) is 5.36. The summed E-state index contributed by atoms with van der Waals surface area (Å²) in [6.45, 7) is 2.81. The van der Waals surface area contributed by atoms with Gasteiger partial charge < -0.3 is 4.90 Å². The first kappa shape index (κ1) is 11.8. The Morgan fingerprint density at radius 2 is 2.35 bits per heavy atom. The van der Waals surface area contributed by atoms with E-state index >= 15 is 0 Å². The van der Waals surface area contributed by atoms with Gasteiger partial charge in [-0.15, -0.1) is 11.3 Å². The molecule has 0 bridgehead atoms. The van der Waals surface area contributed by atoms with E-state index < -0.39 is 0 Å². The number of hydrogen-bond donors (Lipinski definition) is 0.